The molecule has 0 bridgehead atoms. The molecule has 27 heavy (non-hydrogen) atoms. The largest absolute Gasteiger partial charge is 0.475 e. The van der Waals surface area contributed by atoms with E-state index in [1.165, 1.54) is 6.33 Å². The number of alkyl halides is 2. The molecule has 0 aliphatic carbocycles. The highest BCUT2D eigenvalue weighted by Crippen LogP contribution is 2.31. The number of hydrogen-bond donors (Lipinski definition) is 0. The van der Waals surface area contributed by atoms with Crippen molar-refractivity contribution in [1.82, 2.24) is 15.0 Å². The number of anilines is 1. The molecule has 0 radical (unpaired) electrons. The van der Waals surface area contributed by atoms with E-state index in [0.29, 0.717) is 23.9 Å². The van der Waals surface area contributed by atoms with Crippen LogP contribution in [0.1, 0.15) is 43.5 Å². The first-order valence-corrected chi connectivity index (χ1v) is 9.07. The third-order valence-electron chi connectivity index (χ3n) is 4.69. The fourth-order valence-electron chi connectivity index (χ4n) is 3.30. The average Bonchev–Trinajstić information content (AvgIpc) is 3.04. The van der Waals surface area contributed by atoms with E-state index in [1.54, 1.807) is 6.20 Å². The Hall–Kier alpha value is -2.64. The zero-order valence-corrected chi connectivity index (χ0v) is 15.3. The van der Waals surface area contributed by atoms with Gasteiger partial charge in [-0.05, 0) is 13.8 Å². The standard InChI is InChI=1S/C19H21F2N5O/c1-12(2)27-17-7-14-13(9-22-17)10-23-18(14)15-8-16(25-11-24-15)26-5-3-19(20,21)4-6-26/h7-9,11-12H,3-6,10H2,1-2H3. The number of rotatable bonds is 4. The van der Waals surface area contributed by atoms with Crippen molar-refractivity contribution in [2.24, 2.45) is 4.99 Å². The normalized spacial score (nSPS) is 18.4. The van der Waals surface area contributed by atoms with Crippen molar-refractivity contribution in [1.29, 1.82) is 0 Å². The van der Waals surface area contributed by atoms with Crippen LogP contribution in [0, 0.1) is 0 Å². The topological polar surface area (TPSA) is 63.5 Å². The van der Waals surface area contributed by atoms with Crippen molar-refractivity contribution >= 4 is 11.5 Å². The molecule has 0 N–H and O–H groups in total. The molecule has 0 spiro atoms. The number of piperidine rings is 1. The second-order valence-electron chi connectivity index (χ2n) is 7.12. The summed E-state index contributed by atoms with van der Waals surface area (Å²) in [6, 6.07) is 3.70. The SMILES string of the molecule is CC(C)Oc1cc2c(cn1)CN=C2c1cc(N2CCC(F)(F)CC2)ncn1. The second-order valence-corrected chi connectivity index (χ2v) is 7.12. The molecule has 0 aromatic carbocycles. The summed E-state index contributed by atoms with van der Waals surface area (Å²) in [6.07, 6.45) is 2.96. The molecular weight excluding hydrogens is 352 g/mol. The predicted molar refractivity (Wildman–Crippen MR) is 97.8 cm³/mol. The van der Waals surface area contributed by atoms with Gasteiger partial charge in [-0.3, -0.25) is 4.99 Å². The summed E-state index contributed by atoms with van der Waals surface area (Å²) in [6.45, 7) is 4.99. The highest BCUT2D eigenvalue weighted by atomic mass is 19.3. The molecule has 142 valence electrons. The minimum atomic E-state index is -2.58. The quantitative estimate of drug-likeness (QED) is 0.823. The number of fused-ring (bicyclic) bond motifs is 1. The van der Waals surface area contributed by atoms with Crippen LogP contribution < -0.4 is 9.64 Å². The monoisotopic (exact) mass is 373 g/mol. The Labute approximate surface area is 156 Å². The van der Waals surface area contributed by atoms with Crippen LogP contribution in [-0.4, -0.2) is 45.8 Å². The van der Waals surface area contributed by atoms with Crippen LogP contribution in [0.15, 0.2) is 29.6 Å². The van der Waals surface area contributed by atoms with E-state index in [1.807, 2.05) is 30.9 Å². The summed E-state index contributed by atoms with van der Waals surface area (Å²) >= 11 is 0. The molecule has 2 aromatic heterocycles. The molecule has 1 fully saturated rings. The van der Waals surface area contributed by atoms with Gasteiger partial charge in [0.25, 0.3) is 5.92 Å². The summed E-state index contributed by atoms with van der Waals surface area (Å²) in [4.78, 5) is 19.4. The third kappa shape index (κ3) is 3.74. The lowest BCUT2D eigenvalue weighted by Crippen LogP contribution is -2.39. The van der Waals surface area contributed by atoms with Crippen molar-refractivity contribution < 1.29 is 13.5 Å². The van der Waals surface area contributed by atoms with E-state index < -0.39 is 5.92 Å². The number of hydrogen-bond acceptors (Lipinski definition) is 6. The van der Waals surface area contributed by atoms with Crippen molar-refractivity contribution in [3.8, 4) is 5.88 Å². The van der Waals surface area contributed by atoms with Gasteiger partial charge in [0, 0.05) is 55.4 Å². The first-order valence-electron chi connectivity index (χ1n) is 9.07. The van der Waals surface area contributed by atoms with E-state index in [2.05, 4.69) is 19.9 Å². The lowest BCUT2D eigenvalue weighted by Gasteiger charge is -2.32. The maximum atomic E-state index is 13.4. The van der Waals surface area contributed by atoms with Crippen molar-refractivity contribution in [3.05, 3.63) is 41.5 Å². The molecule has 0 atom stereocenters. The molecule has 0 unspecified atom stereocenters. The van der Waals surface area contributed by atoms with Crippen LogP contribution in [0.2, 0.25) is 0 Å². The smallest absolute Gasteiger partial charge is 0.251 e. The molecule has 4 heterocycles. The second kappa shape index (κ2) is 6.83. The molecular formula is C19H21F2N5O. The lowest BCUT2D eigenvalue weighted by molar-refractivity contribution is -0.0221. The molecule has 1 saturated heterocycles. The Kier molecular flexibility index (Phi) is 4.49. The highest BCUT2D eigenvalue weighted by molar-refractivity contribution is 6.14. The average molecular weight is 373 g/mol. The zero-order chi connectivity index (χ0) is 19.0. The third-order valence-corrected chi connectivity index (χ3v) is 4.69. The maximum absolute atomic E-state index is 13.4. The Balaban J connectivity index is 1.59. The van der Waals surface area contributed by atoms with Crippen LogP contribution >= 0.6 is 0 Å². The van der Waals surface area contributed by atoms with Gasteiger partial charge in [0.15, 0.2) is 0 Å². The van der Waals surface area contributed by atoms with Gasteiger partial charge < -0.3 is 9.64 Å². The Morgan fingerprint density at radius 2 is 1.89 bits per heavy atom. The van der Waals surface area contributed by atoms with Crippen LogP contribution in [0.5, 0.6) is 5.88 Å². The van der Waals surface area contributed by atoms with Crippen molar-refractivity contribution in [2.45, 2.75) is 45.3 Å². The zero-order valence-electron chi connectivity index (χ0n) is 15.3. The van der Waals surface area contributed by atoms with Crippen molar-refractivity contribution in [2.75, 3.05) is 18.0 Å². The Morgan fingerprint density at radius 3 is 2.63 bits per heavy atom. The summed E-state index contributed by atoms with van der Waals surface area (Å²) in [5.41, 5.74) is 3.39. The van der Waals surface area contributed by atoms with Gasteiger partial charge >= 0.3 is 0 Å². The molecule has 6 nitrogen and oxygen atoms in total. The van der Waals surface area contributed by atoms with E-state index >= 15 is 0 Å². The van der Waals surface area contributed by atoms with Gasteiger partial charge in [-0.1, -0.05) is 0 Å². The molecule has 2 aromatic rings. The summed E-state index contributed by atoms with van der Waals surface area (Å²) in [7, 11) is 0. The number of aliphatic imine (C=N–C) groups is 1. The van der Waals surface area contributed by atoms with Crippen molar-refractivity contribution in [3.63, 3.8) is 0 Å². The van der Waals surface area contributed by atoms with Gasteiger partial charge in [-0.25, -0.2) is 23.7 Å². The molecule has 0 amide bonds. The molecule has 2 aliphatic heterocycles. The summed E-state index contributed by atoms with van der Waals surface area (Å²) < 4.78 is 32.5. The molecule has 8 heteroatoms. The first-order chi connectivity index (χ1) is 12.9. The van der Waals surface area contributed by atoms with E-state index in [-0.39, 0.29) is 32.0 Å². The van der Waals surface area contributed by atoms with Crippen LogP contribution in [0.4, 0.5) is 14.6 Å². The molecule has 4 rings (SSSR count). The number of nitrogens with zero attached hydrogens (tertiary/aromatic N) is 5. The van der Waals surface area contributed by atoms with Crippen LogP contribution in [-0.2, 0) is 6.54 Å². The Morgan fingerprint density at radius 1 is 1.11 bits per heavy atom. The van der Waals surface area contributed by atoms with Gasteiger partial charge in [0.1, 0.15) is 12.1 Å². The number of ether oxygens (including phenoxy) is 1. The fraction of sp³-hybridized carbons (Fsp3) is 0.474. The van der Waals surface area contributed by atoms with E-state index in [9.17, 15) is 8.78 Å². The van der Waals surface area contributed by atoms with Gasteiger partial charge in [-0.15, -0.1) is 0 Å². The van der Waals surface area contributed by atoms with E-state index in [4.69, 9.17) is 4.74 Å². The predicted octanol–water partition coefficient (Wildman–Crippen LogP) is 3.25. The van der Waals surface area contributed by atoms with Gasteiger partial charge in [0.2, 0.25) is 5.88 Å². The fourth-order valence-corrected chi connectivity index (χ4v) is 3.30. The highest BCUT2D eigenvalue weighted by Gasteiger charge is 2.34. The minimum Gasteiger partial charge on any atom is -0.475 e. The molecule has 0 saturated carbocycles. The number of halogens is 2. The molecule has 2 aliphatic rings. The minimum absolute atomic E-state index is 0.0280. The van der Waals surface area contributed by atoms with Crippen LogP contribution in [0.3, 0.4) is 0 Å². The lowest BCUT2D eigenvalue weighted by atomic mass is 10.0. The summed E-state index contributed by atoms with van der Waals surface area (Å²) in [5.74, 6) is -1.38. The van der Waals surface area contributed by atoms with Gasteiger partial charge in [0.05, 0.1) is 24.1 Å². The number of aromatic nitrogens is 3. The number of pyridine rings is 1. The first kappa shape index (κ1) is 17.8. The maximum Gasteiger partial charge on any atom is 0.251 e. The van der Waals surface area contributed by atoms with Crippen LogP contribution in [0.25, 0.3) is 0 Å². The van der Waals surface area contributed by atoms with Gasteiger partial charge in [-0.2, -0.15) is 0 Å². The Bertz CT molecular complexity index is 874. The summed E-state index contributed by atoms with van der Waals surface area (Å²) in [5, 5.41) is 0. The van der Waals surface area contributed by atoms with E-state index in [0.717, 1.165) is 16.8 Å².